The maximum atomic E-state index is 2.28. The predicted octanol–water partition coefficient (Wildman–Crippen LogP) is 13.1. The maximum Gasteiger partial charge on any atom is 4.00 e. The Kier molecular flexibility index (Phi) is 13.2. The molecule has 0 saturated heterocycles. The first kappa shape index (κ1) is 36.6. The molecule has 0 aliphatic heterocycles. The van der Waals surface area contributed by atoms with Gasteiger partial charge >= 0.3 is 26.2 Å². The van der Waals surface area contributed by atoms with E-state index in [9.17, 15) is 0 Å². The first-order chi connectivity index (χ1) is 21.1. The summed E-state index contributed by atoms with van der Waals surface area (Å²) in [5.41, 5.74) is 7.94. The molecule has 0 bridgehead atoms. The number of benzene rings is 6. The Morgan fingerprint density at radius 3 is 1.11 bits per heavy atom. The molecule has 0 aliphatic rings. The van der Waals surface area contributed by atoms with Gasteiger partial charge < -0.3 is 14.9 Å². The quantitative estimate of drug-likeness (QED) is 0.125. The van der Waals surface area contributed by atoms with E-state index in [1.165, 1.54) is 76.5 Å². The van der Waals surface area contributed by atoms with Gasteiger partial charge in [0, 0.05) is 9.52 Å². The summed E-state index contributed by atoms with van der Waals surface area (Å²) >= 11 is 0. The third-order valence-corrected chi connectivity index (χ3v) is 7.95. The van der Waals surface area contributed by atoms with Crippen LogP contribution in [0.25, 0.3) is 65.3 Å². The third-order valence-electron chi connectivity index (χ3n) is 7.95. The van der Waals surface area contributed by atoms with Crippen LogP contribution in [-0.4, -0.2) is 9.52 Å². The van der Waals surface area contributed by atoms with E-state index in [-0.39, 0.29) is 41.1 Å². The largest absolute Gasteiger partial charge is 4.00 e. The van der Waals surface area contributed by atoms with Gasteiger partial charge in [0.15, 0.2) is 0 Å². The SMILES string of the molecule is C[Si]C.Cc1cc2c(-c3cccc4ccccc34)cccc2[cH-]1.Cc1cc2c(-c3cccc4ccccc34)cccc2[cH-]1.[CH3-].[CH3-].[Zr+4]. The monoisotopic (exact) mass is 688 g/mol. The minimum Gasteiger partial charge on any atom is -0.358 e. The molecule has 0 nitrogen and oxygen atoms in total. The van der Waals surface area contributed by atoms with Gasteiger partial charge in [-0.2, -0.15) is 12.1 Å². The second kappa shape index (κ2) is 16.6. The van der Waals surface area contributed by atoms with Gasteiger partial charge in [-0.15, -0.1) is 69.1 Å². The van der Waals surface area contributed by atoms with E-state index in [2.05, 4.69) is 173 Å². The van der Waals surface area contributed by atoms with Crippen LogP contribution in [-0.2, 0) is 26.2 Å². The van der Waals surface area contributed by atoms with Crippen molar-refractivity contribution < 1.29 is 26.2 Å². The summed E-state index contributed by atoms with van der Waals surface area (Å²) in [6.07, 6.45) is 0. The molecule has 0 amide bonds. The summed E-state index contributed by atoms with van der Waals surface area (Å²) in [6.45, 7) is 8.62. The molecule has 0 atom stereocenters. The van der Waals surface area contributed by atoms with Crippen LogP contribution in [0, 0.1) is 28.7 Å². The summed E-state index contributed by atoms with van der Waals surface area (Å²) in [5, 5.41) is 10.6. The molecular weight excluding hydrogens is 648 g/mol. The molecule has 8 rings (SSSR count). The summed E-state index contributed by atoms with van der Waals surface area (Å²) in [4.78, 5) is 0. The van der Waals surface area contributed by atoms with E-state index < -0.39 is 0 Å². The first-order valence-corrected chi connectivity index (χ1v) is 16.9. The van der Waals surface area contributed by atoms with Gasteiger partial charge in [0.2, 0.25) is 0 Å². The van der Waals surface area contributed by atoms with Crippen molar-refractivity contribution in [3.8, 4) is 22.3 Å². The van der Waals surface area contributed by atoms with Crippen molar-refractivity contribution >= 4 is 52.6 Å². The average molecular weight is 690 g/mol. The van der Waals surface area contributed by atoms with Gasteiger partial charge in [-0.05, 0) is 32.7 Å². The Hall–Kier alpha value is -3.84. The van der Waals surface area contributed by atoms with Gasteiger partial charge in [-0.25, -0.2) is 0 Å². The Bertz CT molecular complexity index is 2000. The predicted molar refractivity (Wildman–Crippen MR) is 205 cm³/mol. The molecule has 8 aromatic rings. The Morgan fingerprint density at radius 1 is 0.413 bits per heavy atom. The van der Waals surface area contributed by atoms with E-state index in [0.29, 0.717) is 0 Å². The Morgan fingerprint density at radius 2 is 0.717 bits per heavy atom. The smallest absolute Gasteiger partial charge is 0.358 e. The fraction of sp³-hybridized carbons (Fsp3) is 0.0909. The second-order valence-corrected chi connectivity index (χ2v) is 12.2. The van der Waals surface area contributed by atoms with Crippen LogP contribution in [0.15, 0.2) is 146 Å². The van der Waals surface area contributed by atoms with Gasteiger partial charge in [-0.3, -0.25) is 0 Å². The molecule has 2 heteroatoms. The Labute approximate surface area is 297 Å². The normalized spacial score (nSPS) is 10.2. The summed E-state index contributed by atoms with van der Waals surface area (Å²) in [7, 11) is 1.08. The van der Waals surface area contributed by atoms with Crippen LogP contribution in [0.4, 0.5) is 0 Å². The first-order valence-electron chi connectivity index (χ1n) is 14.9. The zero-order valence-electron chi connectivity index (χ0n) is 27.9. The molecule has 0 unspecified atom stereocenters. The fourth-order valence-corrected chi connectivity index (χ4v) is 6.16. The minimum absolute atomic E-state index is 0. The third kappa shape index (κ3) is 7.58. The van der Waals surface area contributed by atoms with E-state index in [4.69, 9.17) is 0 Å². The van der Waals surface area contributed by atoms with Gasteiger partial charge in [0.1, 0.15) is 0 Å². The molecule has 46 heavy (non-hydrogen) atoms. The van der Waals surface area contributed by atoms with Gasteiger partial charge in [0.05, 0.1) is 0 Å². The van der Waals surface area contributed by atoms with E-state index >= 15 is 0 Å². The molecule has 0 aromatic heterocycles. The molecular formula is C44H42SiZr. The molecule has 0 fully saturated rings. The minimum atomic E-state index is 0. The second-order valence-electron chi connectivity index (χ2n) is 11.2. The molecule has 2 radical (unpaired) electrons. The molecule has 0 spiro atoms. The molecule has 0 aliphatic carbocycles. The molecule has 8 aromatic carbocycles. The molecule has 226 valence electrons. The number of fused-ring (bicyclic) bond motifs is 4. The van der Waals surface area contributed by atoms with Crippen molar-refractivity contribution in [1.29, 1.82) is 0 Å². The Balaban J connectivity index is 0.000000218. The maximum absolute atomic E-state index is 2.28. The number of aryl methyl sites for hydroxylation is 2. The standard InChI is InChI=1S/2C20H15.C2H6Si.2CH3.Zr/c2*1-14-12-16-8-5-11-19(20(16)13-14)18-10-4-7-15-6-2-3-9-17(15)18;1-3-2;;;/h2*2-13H,1H3;1-2H3;2*1H3;/q2*-1;;2*-1;+4. The van der Waals surface area contributed by atoms with Crippen LogP contribution in [0.3, 0.4) is 0 Å². The van der Waals surface area contributed by atoms with Crippen molar-refractivity contribution in [2.75, 3.05) is 0 Å². The topological polar surface area (TPSA) is 0 Å². The van der Waals surface area contributed by atoms with Crippen LogP contribution in [0.2, 0.25) is 13.1 Å². The molecule has 0 saturated carbocycles. The van der Waals surface area contributed by atoms with Crippen molar-refractivity contribution in [2.24, 2.45) is 0 Å². The summed E-state index contributed by atoms with van der Waals surface area (Å²) < 4.78 is 0. The fourth-order valence-electron chi connectivity index (χ4n) is 6.16. The van der Waals surface area contributed by atoms with Crippen LogP contribution < -0.4 is 0 Å². The van der Waals surface area contributed by atoms with E-state index in [1.807, 2.05) is 0 Å². The zero-order chi connectivity index (χ0) is 29.8. The van der Waals surface area contributed by atoms with Crippen molar-refractivity contribution in [1.82, 2.24) is 0 Å². The number of hydrogen-bond acceptors (Lipinski definition) is 0. The van der Waals surface area contributed by atoms with E-state index in [1.54, 1.807) is 0 Å². The molecule has 0 N–H and O–H groups in total. The summed E-state index contributed by atoms with van der Waals surface area (Å²) in [6, 6.07) is 52.5. The van der Waals surface area contributed by atoms with Crippen LogP contribution in [0.5, 0.6) is 0 Å². The van der Waals surface area contributed by atoms with Crippen molar-refractivity contribution in [3.63, 3.8) is 0 Å². The van der Waals surface area contributed by atoms with Crippen LogP contribution in [0.1, 0.15) is 11.1 Å². The van der Waals surface area contributed by atoms with E-state index in [0.717, 1.165) is 9.52 Å². The zero-order valence-corrected chi connectivity index (χ0v) is 31.3. The van der Waals surface area contributed by atoms with Gasteiger partial charge in [0.25, 0.3) is 0 Å². The van der Waals surface area contributed by atoms with Crippen molar-refractivity contribution in [2.45, 2.75) is 26.9 Å². The van der Waals surface area contributed by atoms with Gasteiger partial charge in [-0.1, -0.05) is 135 Å². The van der Waals surface area contributed by atoms with Crippen LogP contribution >= 0.6 is 0 Å². The number of rotatable bonds is 2. The average Bonchev–Trinajstić information content (AvgIpc) is 3.62. The number of hydrogen-bond donors (Lipinski definition) is 0. The molecule has 0 heterocycles. The summed E-state index contributed by atoms with van der Waals surface area (Å²) in [5.74, 6) is 0. The van der Waals surface area contributed by atoms with Crippen molar-refractivity contribution in [3.05, 3.63) is 172 Å².